The first kappa shape index (κ1) is 14.8. The molecule has 2 heterocycles. The smallest absolute Gasteiger partial charge is 0.339 e. The van der Waals surface area contributed by atoms with Crippen LogP contribution in [0.2, 0.25) is 0 Å². The first-order chi connectivity index (χ1) is 10.2. The van der Waals surface area contributed by atoms with Crippen LogP contribution in [0.25, 0.3) is 0 Å². The standard InChI is InChI=1S/C15H17N3O3/c1-3-21-15(19)12-4-5-13(18-10-12)17-9-11-6-7-16-14(8-11)20-2/h4-8,10H,3,9H2,1-2H3,(H,17,18). The lowest BCUT2D eigenvalue weighted by Crippen LogP contribution is -2.06. The van der Waals surface area contributed by atoms with E-state index in [0.717, 1.165) is 5.56 Å². The van der Waals surface area contributed by atoms with E-state index in [1.165, 1.54) is 6.20 Å². The number of carbonyl (C=O) groups is 1. The van der Waals surface area contributed by atoms with Crippen LogP contribution in [-0.2, 0) is 11.3 Å². The fourth-order valence-electron chi connectivity index (χ4n) is 1.70. The van der Waals surface area contributed by atoms with E-state index >= 15 is 0 Å². The molecule has 0 saturated carbocycles. The van der Waals surface area contributed by atoms with E-state index in [1.54, 1.807) is 32.4 Å². The van der Waals surface area contributed by atoms with Gasteiger partial charge in [-0.05, 0) is 30.7 Å². The van der Waals surface area contributed by atoms with Crippen LogP contribution in [0.3, 0.4) is 0 Å². The van der Waals surface area contributed by atoms with E-state index in [1.807, 2.05) is 12.1 Å². The number of pyridine rings is 2. The van der Waals surface area contributed by atoms with E-state index in [4.69, 9.17) is 9.47 Å². The SMILES string of the molecule is CCOC(=O)c1ccc(NCc2ccnc(OC)c2)nc1. The Morgan fingerprint density at radius 2 is 2.14 bits per heavy atom. The molecule has 0 fully saturated rings. The van der Waals surface area contributed by atoms with Crippen LogP contribution >= 0.6 is 0 Å². The lowest BCUT2D eigenvalue weighted by molar-refractivity contribution is 0.0526. The Kier molecular flexibility index (Phi) is 5.09. The van der Waals surface area contributed by atoms with Crippen molar-refractivity contribution >= 4 is 11.8 Å². The molecule has 0 bridgehead atoms. The summed E-state index contributed by atoms with van der Waals surface area (Å²) in [4.78, 5) is 19.7. The van der Waals surface area contributed by atoms with Crippen LogP contribution in [0.5, 0.6) is 5.88 Å². The van der Waals surface area contributed by atoms with Crippen molar-refractivity contribution in [3.05, 3.63) is 47.8 Å². The van der Waals surface area contributed by atoms with Gasteiger partial charge in [0.05, 0.1) is 19.3 Å². The van der Waals surface area contributed by atoms with Crippen molar-refractivity contribution < 1.29 is 14.3 Å². The van der Waals surface area contributed by atoms with Crippen LogP contribution in [-0.4, -0.2) is 29.7 Å². The highest BCUT2D eigenvalue weighted by molar-refractivity contribution is 5.89. The number of nitrogens with one attached hydrogen (secondary N) is 1. The summed E-state index contributed by atoms with van der Waals surface area (Å²) in [5.41, 5.74) is 1.46. The Morgan fingerprint density at radius 1 is 1.29 bits per heavy atom. The molecule has 0 saturated heterocycles. The minimum atomic E-state index is -0.365. The molecule has 0 radical (unpaired) electrons. The number of hydrogen-bond acceptors (Lipinski definition) is 6. The Bertz CT molecular complexity index is 599. The molecular formula is C15H17N3O3. The fraction of sp³-hybridized carbons (Fsp3) is 0.267. The Labute approximate surface area is 123 Å². The summed E-state index contributed by atoms with van der Waals surface area (Å²) in [6, 6.07) is 7.16. The van der Waals surface area contributed by atoms with Gasteiger partial charge in [0.15, 0.2) is 0 Å². The summed E-state index contributed by atoms with van der Waals surface area (Å²) >= 11 is 0. The summed E-state index contributed by atoms with van der Waals surface area (Å²) in [5.74, 6) is 0.883. The van der Waals surface area contributed by atoms with Crippen LogP contribution in [0.1, 0.15) is 22.8 Å². The Morgan fingerprint density at radius 3 is 2.81 bits per heavy atom. The molecule has 0 aliphatic rings. The maximum Gasteiger partial charge on any atom is 0.339 e. The monoisotopic (exact) mass is 287 g/mol. The molecular weight excluding hydrogens is 270 g/mol. The van der Waals surface area contributed by atoms with E-state index in [9.17, 15) is 4.79 Å². The highest BCUT2D eigenvalue weighted by Crippen LogP contribution is 2.11. The van der Waals surface area contributed by atoms with Gasteiger partial charge in [0.25, 0.3) is 0 Å². The molecule has 0 amide bonds. The van der Waals surface area contributed by atoms with Crippen molar-refractivity contribution in [3.63, 3.8) is 0 Å². The first-order valence-electron chi connectivity index (χ1n) is 6.59. The number of methoxy groups -OCH3 is 1. The number of rotatable bonds is 6. The molecule has 0 atom stereocenters. The third kappa shape index (κ3) is 4.17. The fourth-order valence-corrected chi connectivity index (χ4v) is 1.70. The topological polar surface area (TPSA) is 73.3 Å². The number of esters is 1. The van der Waals surface area contributed by atoms with Gasteiger partial charge in [0, 0.05) is 25.0 Å². The van der Waals surface area contributed by atoms with Crippen LogP contribution in [0.4, 0.5) is 5.82 Å². The van der Waals surface area contributed by atoms with Crippen LogP contribution in [0, 0.1) is 0 Å². The third-order valence-electron chi connectivity index (χ3n) is 2.76. The Hall–Kier alpha value is -2.63. The van der Waals surface area contributed by atoms with E-state index in [0.29, 0.717) is 30.4 Å². The number of aromatic nitrogens is 2. The summed E-state index contributed by atoms with van der Waals surface area (Å²) in [6.07, 6.45) is 3.18. The molecule has 1 N–H and O–H groups in total. The summed E-state index contributed by atoms with van der Waals surface area (Å²) in [6.45, 7) is 2.71. The van der Waals surface area contributed by atoms with Crippen molar-refractivity contribution in [2.75, 3.05) is 19.0 Å². The predicted octanol–water partition coefficient (Wildman–Crippen LogP) is 2.27. The lowest BCUT2D eigenvalue weighted by atomic mass is 10.2. The van der Waals surface area contributed by atoms with Crippen molar-refractivity contribution in [1.82, 2.24) is 9.97 Å². The molecule has 6 nitrogen and oxygen atoms in total. The van der Waals surface area contributed by atoms with Crippen LogP contribution in [0.15, 0.2) is 36.7 Å². The van der Waals surface area contributed by atoms with Crippen molar-refractivity contribution in [2.24, 2.45) is 0 Å². The molecule has 110 valence electrons. The Balaban J connectivity index is 1.95. The minimum absolute atomic E-state index is 0.350. The summed E-state index contributed by atoms with van der Waals surface area (Å²) in [7, 11) is 1.58. The van der Waals surface area contributed by atoms with Crippen molar-refractivity contribution in [3.8, 4) is 5.88 Å². The van der Waals surface area contributed by atoms with Gasteiger partial charge in [0.1, 0.15) is 5.82 Å². The highest BCUT2D eigenvalue weighted by atomic mass is 16.5. The average Bonchev–Trinajstić information content (AvgIpc) is 2.54. The zero-order valence-corrected chi connectivity index (χ0v) is 12.0. The molecule has 2 rings (SSSR count). The number of anilines is 1. The van der Waals surface area contributed by atoms with Gasteiger partial charge in [-0.2, -0.15) is 0 Å². The molecule has 0 aliphatic heterocycles. The molecule has 0 aliphatic carbocycles. The number of ether oxygens (including phenoxy) is 2. The van der Waals surface area contributed by atoms with Crippen LogP contribution < -0.4 is 10.1 Å². The number of nitrogens with zero attached hydrogens (tertiary/aromatic N) is 2. The second kappa shape index (κ2) is 7.23. The molecule has 2 aromatic heterocycles. The molecule has 21 heavy (non-hydrogen) atoms. The first-order valence-corrected chi connectivity index (χ1v) is 6.59. The van der Waals surface area contributed by atoms with Gasteiger partial charge in [-0.3, -0.25) is 0 Å². The van der Waals surface area contributed by atoms with Gasteiger partial charge in [-0.1, -0.05) is 0 Å². The summed E-state index contributed by atoms with van der Waals surface area (Å²) in [5, 5.41) is 3.16. The molecule has 0 aromatic carbocycles. The zero-order valence-electron chi connectivity index (χ0n) is 12.0. The van der Waals surface area contributed by atoms with Gasteiger partial charge < -0.3 is 14.8 Å². The minimum Gasteiger partial charge on any atom is -0.481 e. The second-order valence-corrected chi connectivity index (χ2v) is 4.21. The van der Waals surface area contributed by atoms with Crippen molar-refractivity contribution in [2.45, 2.75) is 13.5 Å². The largest absolute Gasteiger partial charge is 0.481 e. The van der Waals surface area contributed by atoms with E-state index in [-0.39, 0.29) is 5.97 Å². The maximum absolute atomic E-state index is 11.5. The van der Waals surface area contributed by atoms with E-state index < -0.39 is 0 Å². The van der Waals surface area contributed by atoms with Gasteiger partial charge in [-0.25, -0.2) is 14.8 Å². The molecule has 2 aromatic rings. The van der Waals surface area contributed by atoms with E-state index in [2.05, 4.69) is 15.3 Å². The average molecular weight is 287 g/mol. The predicted molar refractivity (Wildman–Crippen MR) is 78.3 cm³/mol. The molecule has 0 spiro atoms. The van der Waals surface area contributed by atoms with Gasteiger partial charge >= 0.3 is 5.97 Å². The van der Waals surface area contributed by atoms with Crippen molar-refractivity contribution in [1.29, 1.82) is 0 Å². The third-order valence-corrected chi connectivity index (χ3v) is 2.76. The second-order valence-electron chi connectivity index (χ2n) is 4.21. The highest BCUT2D eigenvalue weighted by Gasteiger charge is 2.06. The normalized spacial score (nSPS) is 10.0. The maximum atomic E-state index is 11.5. The summed E-state index contributed by atoms with van der Waals surface area (Å²) < 4.78 is 9.97. The number of carbonyl (C=O) groups excluding carboxylic acids is 1. The van der Waals surface area contributed by atoms with Gasteiger partial charge in [-0.15, -0.1) is 0 Å². The zero-order chi connectivity index (χ0) is 15.1. The molecule has 0 unspecified atom stereocenters. The number of hydrogen-bond donors (Lipinski definition) is 1. The lowest BCUT2D eigenvalue weighted by Gasteiger charge is -2.07. The quantitative estimate of drug-likeness (QED) is 0.822. The molecule has 6 heteroatoms. The van der Waals surface area contributed by atoms with Gasteiger partial charge in [0.2, 0.25) is 5.88 Å².